The van der Waals surface area contributed by atoms with Crippen LogP contribution < -0.4 is 5.32 Å². The molecule has 3 heteroatoms. The summed E-state index contributed by atoms with van der Waals surface area (Å²) in [6, 6.07) is 0.0405. The van der Waals surface area contributed by atoms with E-state index in [1.54, 1.807) is 0 Å². The molecule has 3 atom stereocenters. The Kier molecular flexibility index (Phi) is 4.88. The van der Waals surface area contributed by atoms with Crippen LogP contribution in [0.4, 0.5) is 0 Å². The van der Waals surface area contributed by atoms with Crippen LogP contribution in [-0.2, 0) is 4.79 Å². The molecule has 1 aliphatic carbocycles. The Morgan fingerprint density at radius 3 is 2.47 bits per heavy atom. The highest BCUT2D eigenvalue weighted by Gasteiger charge is 2.42. The molecule has 3 unspecified atom stereocenters. The van der Waals surface area contributed by atoms with Crippen molar-refractivity contribution in [2.45, 2.75) is 72.0 Å². The molecule has 3 nitrogen and oxygen atoms in total. The van der Waals surface area contributed by atoms with Crippen LogP contribution in [-0.4, -0.2) is 29.6 Å². The van der Waals surface area contributed by atoms with Gasteiger partial charge in [-0.2, -0.15) is 0 Å². The van der Waals surface area contributed by atoms with Gasteiger partial charge in [0.15, 0.2) is 0 Å². The molecule has 2 aliphatic rings. The van der Waals surface area contributed by atoms with Crippen LogP contribution in [0.5, 0.6) is 0 Å². The van der Waals surface area contributed by atoms with Gasteiger partial charge in [0, 0.05) is 6.54 Å². The van der Waals surface area contributed by atoms with Gasteiger partial charge in [-0.1, -0.05) is 53.4 Å². The average Bonchev–Trinajstić information content (AvgIpc) is 2.64. The zero-order chi connectivity index (χ0) is 14.0. The summed E-state index contributed by atoms with van der Waals surface area (Å²) in [7, 11) is 0. The maximum Gasteiger partial charge on any atom is 0.241 e. The van der Waals surface area contributed by atoms with Crippen LogP contribution in [0.1, 0.15) is 59.8 Å². The van der Waals surface area contributed by atoms with Gasteiger partial charge in [-0.05, 0) is 24.2 Å². The van der Waals surface area contributed by atoms with E-state index in [1.807, 2.05) is 0 Å². The molecular formula is C16H30N2O. The Bertz CT molecular complexity index is 312. The van der Waals surface area contributed by atoms with E-state index in [9.17, 15) is 4.79 Å². The monoisotopic (exact) mass is 266 g/mol. The second kappa shape index (κ2) is 6.25. The van der Waals surface area contributed by atoms with Gasteiger partial charge < -0.3 is 4.90 Å². The molecule has 2 fully saturated rings. The van der Waals surface area contributed by atoms with Crippen molar-refractivity contribution in [1.29, 1.82) is 0 Å². The standard InChI is InChI=1S/C16H30N2O/c1-5-12(4)14-16(19)18(15(17-14)11(2)3)10-9-13-7-6-8-13/h11-15,17H,5-10H2,1-4H3. The molecule has 0 aromatic heterocycles. The second-order valence-electron chi connectivity index (χ2n) is 6.84. The van der Waals surface area contributed by atoms with Gasteiger partial charge in [0.2, 0.25) is 5.91 Å². The molecule has 0 aromatic carbocycles. The minimum atomic E-state index is 0.0405. The molecule has 1 saturated heterocycles. The highest BCUT2D eigenvalue weighted by atomic mass is 16.2. The van der Waals surface area contributed by atoms with Gasteiger partial charge in [0.05, 0.1) is 12.2 Å². The van der Waals surface area contributed by atoms with Crippen molar-refractivity contribution in [2.24, 2.45) is 17.8 Å². The maximum atomic E-state index is 12.6. The van der Waals surface area contributed by atoms with E-state index in [-0.39, 0.29) is 12.2 Å². The van der Waals surface area contributed by atoms with Crippen molar-refractivity contribution in [3.05, 3.63) is 0 Å². The predicted octanol–water partition coefficient (Wildman–Crippen LogP) is 3.01. The minimum Gasteiger partial charge on any atom is -0.326 e. The van der Waals surface area contributed by atoms with Crippen LogP contribution in [0.2, 0.25) is 0 Å². The summed E-state index contributed by atoms with van der Waals surface area (Å²) in [6.45, 7) is 9.72. The lowest BCUT2D eigenvalue weighted by molar-refractivity contribution is -0.131. The number of carbonyl (C=O) groups is 1. The number of hydrogen-bond acceptors (Lipinski definition) is 2. The summed E-state index contributed by atoms with van der Waals surface area (Å²) in [5.74, 6) is 2.14. The predicted molar refractivity (Wildman–Crippen MR) is 78.7 cm³/mol. The number of rotatable bonds is 6. The second-order valence-corrected chi connectivity index (χ2v) is 6.84. The van der Waals surface area contributed by atoms with Gasteiger partial charge in [-0.15, -0.1) is 0 Å². The number of hydrogen-bond donors (Lipinski definition) is 1. The van der Waals surface area contributed by atoms with Crippen LogP contribution >= 0.6 is 0 Å². The number of carbonyl (C=O) groups excluding carboxylic acids is 1. The van der Waals surface area contributed by atoms with E-state index >= 15 is 0 Å². The molecule has 1 amide bonds. The molecule has 1 N–H and O–H groups in total. The van der Waals surface area contributed by atoms with Crippen LogP contribution in [0, 0.1) is 17.8 Å². The third-order valence-corrected chi connectivity index (χ3v) is 5.08. The van der Waals surface area contributed by atoms with E-state index < -0.39 is 0 Å². The summed E-state index contributed by atoms with van der Waals surface area (Å²) in [4.78, 5) is 14.7. The first-order valence-corrected chi connectivity index (χ1v) is 8.11. The van der Waals surface area contributed by atoms with Crippen molar-refractivity contribution >= 4 is 5.91 Å². The smallest absolute Gasteiger partial charge is 0.241 e. The van der Waals surface area contributed by atoms with Gasteiger partial charge in [-0.3, -0.25) is 10.1 Å². The number of nitrogens with zero attached hydrogens (tertiary/aromatic N) is 1. The summed E-state index contributed by atoms with van der Waals surface area (Å²) >= 11 is 0. The molecule has 2 rings (SSSR count). The largest absolute Gasteiger partial charge is 0.326 e. The zero-order valence-electron chi connectivity index (χ0n) is 13.0. The van der Waals surface area contributed by atoms with Gasteiger partial charge >= 0.3 is 0 Å². The molecule has 110 valence electrons. The van der Waals surface area contributed by atoms with Crippen LogP contribution in [0.15, 0.2) is 0 Å². The fraction of sp³-hybridized carbons (Fsp3) is 0.938. The van der Waals surface area contributed by atoms with Crippen molar-refractivity contribution in [1.82, 2.24) is 10.2 Å². The summed E-state index contributed by atoms with van der Waals surface area (Å²) in [5.41, 5.74) is 0. The van der Waals surface area contributed by atoms with Gasteiger partial charge in [0.1, 0.15) is 0 Å². The first kappa shape index (κ1) is 14.8. The Labute approximate surface area is 118 Å². The van der Waals surface area contributed by atoms with Crippen LogP contribution in [0.3, 0.4) is 0 Å². The van der Waals surface area contributed by atoms with E-state index in [4.69, 9.17) is 0 Å². The third-order valence-electron chi connectivity index (χ3n) is 5.08. The Morgan fingerprint density at radius 2 is 2.00 bits per heavy atom. The molecule has 1 aliphatic heterocycles. The molecule has 0 radical (unpaired) electrons. The van der Waals surface area contributed by atoms with E-state index in [0.717, 1.165) is 18.9 Å². The van der Waals surface area contributed by atoms with Crippen molar-refractivity contribution < 1.29 is 4.79 Å². The quantitative estimate of drug-likeness (QED) is 0.801. The Morgan fingerprint density at radius 1 is 1.32 bits per heavy atom. The van der Waals surface area contributed by atoms with E-state index in [2.05, 4.69) is 37.9 Å². The highest BCUT2D eigenvalue weighted by Crippen LogP contribution is 2.31. The lowest BCUT2D eigenvalue weighted by atomic mass is 9.83. The Balaban J connectivity index is 1.97. The van der Waals surface area contributed by atoms with Crippen molar-refractivity contribution in [3.63, 3.8) is 0 Å². The van der Waals surface area contributed by atoms with Crippen molar-refractivity contribution in [2.75, 3.05) is 6.54 Å². The normalized spacial score (nSPS) is 29.9. The fourth-order valence-electron chi connectivity index (χ4n) is 3.21. The summed E-state index contributed by atoms with van der Waals surface area (Å²) in [6.07, 6.45) is 6.63. The van der Waals surface area contributed by atoms with Gasteiger partial charge in [-0.25, -0.2) is 0 Å². The molecule has 0 spiro atoms. The lowest BCUT2D eigenvalue weighted by Crippen LogP contribution is -2.42. The fourth-order valence-corrected chi connectivity index (χ4v) is 3.21. The first-order valence-electron chi connectivity index (χ1n) is 8.11. The van der Waals surface area contributed by atoms with Gasteiger partial charge in [0.25, 0.3) is 0 Å². The molecular weight excluding hydrogens is 236 g/mol. The topological polar surface area (TPSA) is 32.3 Å². The molecule has 0 aromatic rings. The molecule has 0 bridgehead atoms. The summed E-state index contributed by atoms with van der Waals surface area (Å²) < 4.78 is 0. The Hall–Kier alpha value is -0.570. The van der Waals surface area contributed by atoms with Crippen LogP contribution in [0.25, 0.3) is 0 Å². The molecule has 1 saturated carbocycles. The third kappa shape index (κ3) is 3.13. The highest BCUT2D eigenvalue weighted by molar-refractivity contribution is 5.84. The van der Waals surface area contributed by atoms with E-state index in [1.165, 1.54) is 25.7 Å². The van der Waals surface area contributed by atoms with Crippen molar-refractivity contribution in [3.8, 4) is 0 Å². The molecule has 19 heavy (non-hydrogen) atoms. The van der Waals surface area contributed by atoms with E-state index in [0.29, 0.717) is 17.7 Å². The zero-order valence-corrected chi connectivity index (χ0v) is 13.0. The number of nitrogens with one attached hydrogen (secondary N) is 1. The first-order chi connectivity index (χ1) is 9.04. The SMILES string of the molecule is CCC(C)C1NC(C(C)C)N(CCC2CCC2)C1=O. The molecule has 1 heterocycles. The lowest BCUT2D eigenvalue weighted by Gasteiger charge is -2.31. The average molecular weight is 266 g/mol. The summed E-state index contributed by atoms with van der Waals surface area (Å²) in [5, 5.41) is 3.58. The maximum absolute atomic E-state index is 12.6. The minimum absolute atomic E-state index is 0.0405. The number of amides is 1.